The van der Waals surface area contributed by atoms with Gasteiger partial charge in [-0.25, -0.2) is 4.98 Å². The first-order valence-electron chi connectivity index (χ1n) is 7.02. The third-order valence-electron chi connectivity index (χ3n) is 3.19. The summed E-state index contributed by atoms with van der Waals surface area (Å²) in [6, 6.07) is 16.0. The van der Waals surface area contributed by atoms with Crippen LogP contribution in [0.1, 0.15) is 19.8 Å². The smallest absolute Gasteiger partial charge is 0.224 e. The fourth-order valence-electron chi connectivity index (χ4n) is 2.14. The average molecular weight is 296 g/mol. The maximum absolute atomic E-state index is 11.6. The third kappa shape index (κ3) is 3.11. The molecule has 21 heavy (non-hydrogen) atoms. The Hall–Kier alpha value is -2.20. The Balaban J connectivity index is 1.81. The number of thiazole rings is 1. The Morgan fingerprint density at radius 1 is 1.14 bits per heavy atom. The highest BCUT2D eigenvalue weighted by Gasteiger charge is 2.06. The summed E-state index contributed by atoms with van der Waals surface area (Å²) in [5.74, 6) is 0.0604. The van der Waals surface area contributed by atoms with Gasteiger partial charge in [0.1, 0.15) is 5.01 Å². The van der Waals surface area contributed by atoms with E-state index in [1.54, 1.807) is 11.3 Å². The van der Waals surface area contributed by atoms with Gasteiger partial charge in [-0.1, -0.05) is 19.1 Å². The second-order valence-corrected chi connectivity index (χ2v) is 5.89. The Kier molecular flexibility index (Phi) is 3.97. The number of nitrogens with zero attached hydrogens (tertiary/aromatic N) is 1. The van der Waals surface area contributed by atoms with Crippen molar-refractivity contribution in [1.29, 1.82) is 0 Å². The molecule has 0 saturated carbocycles. The van der Waals surface area contributed by atoms with Crippen molar-refractivity contribution in [3.8, 4) is 10.6 Å². The lowest BCUT2D eigenvalue weighted by Crippen LogP contribution is -2.10. The fraction of sp³-hybridized carbons (Fsp3) is 0.176. The summed E-state index contributed by atoms with van der Waals surface area (Å²) in [4.78, 5) is 16.2. The summed E-state index contributed by atoms with van der Waals surface area (Å²) in [6.45, 7) is 2.00. The normalized spacial score (nSPS) is 10.7. The van der Waals surface area contributed by atoms with Crippen LogP contribution in [0.3, 0.4) is 0 Å². The summed E-state index contributed by atoms with van der Waals surface area (Å²) in [5, 5.41) is 3.89. The van der Waals surface area contributed by atoms with Crippen molar-refractivity contribution in [2.24, 2.45) is 0 Å². The monoisotopic (exact) mass is 296 g/mol. The van der Waals surface area contributed by atoms with Gasteiger partial charge in [-0.05, 0) is 42.8 Å². The Morgan fingerprint density at radius 3 is 2.62 bits per heavy atom. The number of hydrogen-bond acceptors (Lipinski definition) is 3. The van der Waals surface area contributed by atoms with E-state index < -0.39 is 0 Å². The summed E-state index contributed by atoms with van der Waals surface area (Å²) in [6.07, 6.45) is 1.41. The molecule has 4 heteroatoms. The fourth-order valence-corrected chi connectivity index (χ4v) is 3.11. The quantitative estimate of drug-likeness (QED) is 0.758. The van der Waals surface area contributed by atoms with Crippen molar-refractivity contribution in [3.05, 3.63) is 48.5 Å². The molecular formula is C17H16N2OS. The minimum Gasteiger partial charge on any atom is -0.326 e. The minimum atomic E-state index is 0.0604. The van der Waals surface area contributed by atoms with Gasteiger partial charge in [0.15, 0.2) is 0 Å². The van der Waals surface area contributed by atoms with Gasteiger partial charge in [-0.2, -0.15) is 0 Å². The van der Waals surface area contributed by atoms with Crippen LogP contribution in [0, 0.1) is 0 Å². The lowest BCUT2D eigenvalue weighted by molar-refractivity contribution is -0.116. The second kappa shape index (κ2) is 6.06. The molecule has 0 saturated heterocycles. The third-order valence-corrected chi connectivity index (χ3v) is 4.27. The summed E-state index contributed by atoms with van der Waals surface area (Å²) in [5.41, 5.74) is 2.93. The molecule has 106 valence electrons. The Morgan fingerprint density at radius 2 is 1.90 bits per heavy atom. The van der Waals surface area contributed by atoms with Gasteiger partial charge in [-0.15, -0.1) is 11.3 Å². The van der Waals surface area contributed by atoms with Crippen LogP contribution in [0.15, 0.2) is 48.5 Å². The second-order valence-electron chi connectivity index (χ2n) is 4.86. The van der Waals surface area contributed by atoms with Gasteiger partial charge in [-0.3, -0.25) is 4.79 Å². The zero-order valence-electron chi connectivity index (χ0n) is 11.8. The molecule has 0 atom stereocenters. The molecule has 0 spiro atoms. The van der Waals surface area contributed by atoms with Crippen molar-refractivity contribution in [3.63, 3.8) is 0 Å². The van der Waals surface area contributed by atoms with E-state index in [1.165, 1.54) is 4.70 Å². The van der Waals surface area contributed by atoms with E-state index in [0.717, 1.165) is 28.2 Å². The highest BCUT2D eigenvalue weighted by atomic mass is 32.1. The predicted octanol–water partition coefficient (Wildman–Crippen LogP) is 4.70. The van der Waals surface area contributed by atoms with Gasteiger partial charge in [0, 0.05) is 17.7 Å². The van der Waals surface area contributed by atoms with Crippen molar-refractivity contribution in [2.45, 2.75) is 19.8 Å². The van der Waals surface area contributed by atoms with Crippen LogP contribution in [0.25, 0.3) is 20.8 Å². The standard InChI is InChI=1S/C17H16N2OS/c1-2-5-16(20)18-13-10-8-12(9-11-13)17-19-14-6-3-4-7-15(14)21-17/h3-4,6-11H,2,5H2,1H3,(H,18,20). The van der Waals surface area contributed by atoms with Gasteiger partial charge in [0.25, 0.3) is 0 Å². The molecule has 0 aliphatic rings. The number of carbonyl (C=O) groups excluding carboxylic acids is 1. The topological polar surface area (TPSA) is 42.0 Å². The van der Waals surface area contributed by atoms with Crippen molar-refractivity contribution >= 4 is 33.1 Å². The van der Waals surface area contributed by atoms with Gasteiger partial charge in [0.2, 0.25) is 5.91 Å². The van der Waals surface area contributed by atoms with Gasteiger partial charge >= 0.3 is 0 Å². The number of anilines is 1. The molecule has 3 rings (SSSR count). The number of para-hydroxylation sites is 1. The number of aromatic nitrogens is 1. The van der Waals surface area contributed by atoms with E-state index in [4.69, 9.17) is 0 Å². The SMILES string of the molecule is CCCC(=O)Nc1ccc(-c2nc3ccccc3s2)cc1. The molecule has 0 fully saturated rings. The number of benzene rings is 2. The largest absolute Gasteiger partial charge is 0.326 e. The molecule has 3 aromatic rings. The highest BCUT2D eigenvalue weighted by Crippen LogP contribution is 2.30. The van der Waals surface area contributed by atoms with E-state index in [1.807, 2.05) is 49.4 Å². The van der Waals surface area contributed by atoms with Crippen LogP contribution < -0.4 is 5.32 Å². The van der Waals surface area contributed by atoms with E-state index in [2.05, 4.69) is 16.4 Å². The number of rotatable bonds is 4. The molecule has 0 aliphatic heterocycles. The number of carbonyl (C=O) groups is 1. The highest BCUT2D eigenvalue weighted by molar-refractivity contribution is 7.21. The first kappa shape index (κ1) is 13.8. The minimum absolute atomic E-state index is 0.0604. The van der Waals surface area contributed by atoms with Crippen LogP contribution >= 0.6 is 11.3 Å². The molecule has 3 nitrogen and oxygen atoms in total. The van der Waals surface area contributed by atoms with Crippen LogP contribution in [0.5, 0.6) is 0 Å². The zero-order chi connectivity index (χ0) is 14.7. The average Bonchev–Trinajstić information content (AvgIpc) is 2.92. The molecule has 1 amide bonds. The van der Waals surface area contributed by atoms with E-state index in [0.29, 0.717) is 6.42 Å². The van der Waals surface area contributed by atoms with Gasteiger partial charge < -0.3 is 5.32 Å². The Bertz CT molecular complexity index is 729. The lowest BCUT2D eigenvalue weighted by atomic mass is 10.2. The van der Waals surface area contributed by atoms with Crippen LogP contribution in [0.4, 0.5) is 5.69 Å². The van der Waals surface area contributed by atoms with Crippen LogP contribution in [0.2, 0.25) is 0 Å². The molecule has 0 aliphatic carbocycles. The maximum Gasteiger partial charge on any atom is 0.224 e. The molecule has 2 aromatic carbocycles. The van der Waals surface area contributed by atoms with E-state index in [9.17, 15) is 4.79 Å². The summed E-state index contributed by atoms with van der Waals surface area (Å²) in [7, 11) is 0. The Labute approximate surface area is 127 Å². The molecule has 1 aromatic heterocycles. The molecule has 1 heterocycles. The number of nitrogens with one attached hydrogen (secondary N) is 1. The van der Waals surface area contributed by atoms with Crippen molar-refractivity contribution < 1.29 is 4.79 Å². The lowest BCUT2D eigenvalue weighted by Gasteiger charge is -2.04. The number of fused-ring (bicyclic) bond motifs is 1. The molecular weight excluding hydrogens is 280 g/mol. The zero-order valence-corrected chi connectivity index (χ0v) is 12.6. The van der Waals surface area contributed by atoms with Crippen molar-refractivity contribution in [1.82, 2.24) is 4.98 Å². The number of hydrogen-bond donors (Lipinski definition) is 1. The first-order chi connectivity index (χ1) is 10.3. The molecule has 1 N–H and O–H groups in total. The van der Waals surface area contributed by atoms with Gasteiger partial charge in [0.05, 0.1) is 10.2 Å². The molecule has 0 unspecified atom stereocenters. The van der Waals surface area contributed by atoms with E-state index in [-0.39, 0.29) is 5.91 Å². The molecule has 0 radical (unpaired) electrons. The maximum atomic E-state index is 11.6. The van der Waals surface area contributed by atoms with E-state index >= 15 is 0 Å². The van der Waals surface area contributed by atoms with Crippen LogP contribution in [-0.2, 0) is 4.79 Å². The number of amides is 1. The van der Waals surface area contributed by atoms with Crippen LogP contribution in [-0.4, -0.2) is 10.9 Å². The summed E-state index contributed by atoms with van der Waals surface area (Å²) >= 11 is 1.68. The summed E-state index contributed by atoms with van der Waals surface area (Å²) < 4.78 is 1.19. The first-order valence-corrected chi connectivity index (χ1v) is 7.84. The predicted molar refractivity (Wildman–Crippen MR) is 88.6 cm³/mol. The van der Waals surface area contributed by atoms with Crippen molar-refractivity contribution in [2.75, 3.05) is 5.32 Å². The molecule has 0 bridgehead atoms.